The van der Waals surface area contributed by atoms with E-state index in [4.69, 9.17) is 0 Å². The Kier molecular flexibility index (Phi) is 8.62. The number of halogens is 2. The molecular formula is C30H30F2N8O5S2. The van der Waals surface area contributed by atoms with E-state index in [2.05, 4.69) is 25.4 Å². The number of pyridine rings is 1. The number of piperidine rings is 1. The number of nitrogens with zero attached hydrogens (tertiary/aromatic N) is 7. The largest absolute Gasteiger partial charge is 0.351 e. The fourth-order valence-electron chi connectivity index (χ4n) is 5.54. The summed E-state index contributed by atoms with van der Waals surface area (Å²) in [5.74, 6) is 0.194. The lowest BCUT2D eigenvalue weighted by molar-refractivity contribution is 0.149. The first kappa shape index (κ1) is 32.3. The Balaban J connectivity index is 1.29. The third-order valence-electron chi connectivity index (χ3n) is 8.10. The van der Waals surface area contributed by atoms with Gasteiger partial charge in [-0.15, -0.1) is 9.19 Å². The van der Waals surface area contributed by atoms with Crippen molar-refractivity contribution in [3.05, 3.63) is 94.4 Å². The summed E-state index contributed by atoms with van der Waals surface area (Å²) in [5, 5.41) is 7.19. The predicted octanol–water partition coefficient (Wildman–Crippen LogP) is 3.42. The lowest BCUT2D eigenvalue weighted by Gasteiger charge is -2.30. The van der Waals surface area contributed by atoms with Crippen LogP contribution in [0.1, 0.15) is 36.0 Å². The van der Waals surface area contributed by atoms with Gasteiger partial charge in [-0.1, -0.05) is 30.3 Å². The average molecular weight is 685 g/mol. The van der Waals surface area contributed by atoms with E-state index in [9.17, 15) is 30.4 Å². The Morgan fingerprint density at radius 1 is 1.02 bits per heavy atom. The number of nitrogens with one attached hydrogen (secondary N) is 1. The van der Waals surface area contributed by atoms with Gasteiger partial charge in [0, 0.05) is 30.7 Å². The molecule has 6 rings (SSSR count). The maximum atomic E-state index is 13.9. The molecule has 0 unspecified atom stereocenters. The maximum Gasteiger partial charge on any atom is 0.284 e. The van der Waals surface area contributed by atoms with Gasteiger partial charge in [0.15, 0.2) is 0 Å². The summed E-state index contributed by atoms with van der Waals surface area (Å²) < 4.78 is 80.8. The molecule has 0 bridgehead atoms. The first-order chi connectivity index (χ1) is 22.3. The fraction of sp³-hybridized carbons (Fsp3) is 0.300. The highest BCUT2D eigenvalue weighted by Crippen LogP contribution is 2.28. The van der Waals surface area contributed by atoms with Gasteiger partial charge in [0.05, 0.1) is 23.3 Å². The Hall–Kier alpha value is -4.61. The quantitative estimate of drug-likeness (QED) is 0.244. The predicted molar refractivity (Wildman–Crippen MR) is 170 cm³/mol. The van der Waals surface area contributed by atoms with Crippen molar-refractivity contribution in [1.82, 2.24) is 33.0 Å². The summed E-state index contributed by atoms with van der Waals surface area (Å²) >= 11 is 0. The zero-order chi connectivity index (χ0) is 33.5. The number of hydrogen-bond donors (Lipinski definition) is 1. The van der Waals surface area contributed by atoms with Crippen molar-refractivity contribution < 1.29 is 25.6 Å². The van der Waals surface area contributed by atoms with Crippen molar-refractivity contribution >= 4 is 37.0 Å². The van der Waals surface area contributed by atoms with Crippen LogP contribution < -0.4 is 10.9 Å². The van der Waals surface area contributed by atoms with Crippen molar-refractivity contribution in [2.75, 3.05) is 24.7 Å². The number of benzene rings is 2. The monoisotopic (exact) mass is 684 g/mol. The van der Waals surface area contributed by atoms with Gasteiger partial charge in [0.25, 0.3) is 22.0 Å². The van der Waals surface area contributed by atoms with Gasteiger partial charge < -0.3 is 5.32 Å². The van der Waals surface area contributed by atoms with E-state index in [0.29, 0.717) is 42.6 Å². The molecule has 0 radical (unpaired) electrons. The summed E-state index contributed by atoms with van der Waals surface area (Å²) in [4.78, 5) is 25.8. The van der Waals surface area contributed by atoms with E-state index in [1.165, 1.54) is 27.4 Å². The second-order valence-electron chi connectivity index (χ2n) is 11.3. The van der Waals surface area contributed by atoms with E-state index in [0.717, 1.165) is 28.4 Å². The molecule has 1 saturated heterocycles. The molecule has 2 aromatic carbocycles. The Labute approximate surface area is 269 Å². The standard InChI is InChI=1S/C30H30F2N8O5S2/c1-19-3-8-24(47(44,45)40-18-33-17-35-40)14-25(19)21-6-4-20(5-7-21)16-39-28-22(13-26(27(31)32)29(39)41)15-34-30(37-28)36-23-9-11-38(12-10-23)46(2,42)43/h3-8,13-15,17-18,23,27H,9-12,16H2,1-2H3,(H,34,36,37). The summed E-state index contributed by atoms with van der Waals surface area (Å²) in [6.07, 6.45) is 2.81. The SMILES string of the molecule is Cc1ccc(S(=O)(=O)n2cncn2)cc1-c1ccc(Cn2c(=O)c(C(F)F)cc3cnc(NC4CCN(S(C)(=O)=O)CC4)nc32)cc1. The smallest absolute Gasteiger partial charge is 0.284 e. The lowest BCUT2D eigenvalue weighted by Crippen LogP contribution is -2.42. The molecule has 0 atom stereocenters. The van der Waals surface area contributed by atoms with Crippen molar-refractivity contribution in [2.45, 2.75) is 43.7 Å². The molecule has 13 nitrogen and oxygen atoms in total. The van der Waals surface area contributed by atoms with Crippen molar-refractivity contribution in [3.63, 3.8) is 0 Å². The topological polar surface area (TPSA) is 162 Å². The molecule has 3 aromatic heterocycles. The zero-order valence-corrected chi connectivity index (χ0v) is 26.9. The molecule has 1 fully saturated rings. The van der Waals surface area contributed by atoms with Gasteiger partial charge in [0.1, 0.15) is 18.3 Å². The minimum absolute atomic E-state index is 0.0274. The highest BCUT2D eigenvalue weighted by atomic mass is 32.2. The molecule has 246 valence electrons. The van der Waals surface area contributed by atoms with E-state index < -0.39 is 37.6 Å². The third-order valence-corrected chi connectivity index (χ3v) is 10.9. The second kappa shape index (κ2) is 12.5. The first-order valence-corrected chi connectivity index (χ1v) is 17.8. The molecule has 0 aliphatic carbocycles. The van der Waals surface area contributed by atoms with E-state index in [1.807, 2.05) is 6.92 Å². The molecule has 17 heteroatoms. The van der Waals surface area contributed by atoms with E-state index >= 15 is 0 Å². The zero-order valence-electron chi connectivity index (χ0n) is 25.3. The number of sulfonamides is 1. The molecule has 47 heavy (non-hydrogen) atoms. The average Bonchev–Trinajstić information content (AvgIpc) is 3.59. The van der Waals surface area contributed by atoms with Crippen LogP contribution in [0.4, 0.5) is 14.7 Å². The molecule has 0 amide bonds. The van der Waals surface area contributed by atoms with Gasteiger partial charge in [-0.3, -0.25) is 9.36 Å². The maximum absolute atomic E-state index is 13.9. The first-order valence-electron chi connectivity index (χ1n) is 14.5. The minimum atomic E-state index is -3.95. The van der Waals surface area contributed by atoms with Gasteiger partial charge >= 0.3 is 0 Å². The number of fused-ring (bicyclic) bond motifs is 1. The molecule has 1 N–H and O–H groups in total. The van der Waals surface area contributed by atoms with Gasteiger partial charge in [-0.2, -0.15) is 13.4 Å². The number of aromatic nitrogens is 6. The highest BCUT2D eigenvalue weighted by molar-refractivity contribution is 7.89. The van der Waals surface area contributed by atoms with Crippen molar-refractivity contribution in [1.29, 1.82) is 0 Å². The van der Waals surface area contributed by atoms with Gasteiger partial charge in [-0.25, -0.2) is 31.5 Å². The van der Waals surface area contributed by atoms with E-state index in [1.54, 1.807) is 36.4 Å². The Morgan fingerprint density at radius 3 is 2.38 bits per heavy atom. The Morgan fingerprint density at radius 2 is 1.74 bits per heavy atom. The summed E-state index contributed by atoms with van der Waals surface area (Å²) in [5.41, 5.74) is 1.41. The normalized spacial score (nSPS) is 15.0. The van der Waals surface area contributed by atoms with Crippen LogP contribution in [-0.4, -0.2) is 75.2 Å². The summed E-state index contributed by atoms with van der Waals surface area (Å²) in [7, 11) is -7.24. The van der Waals surface area contributed by atoms with Gasteiger partial charge in [0.2, 0.25) is 16.0 Å². The van der Waals surface area contributed by atoms with Crippen LogP contribution in [0.25, 0.3) is 22.2 Å². The molecule has 4 heterocycles. The van der Waals surface area contributed by atoms with Crippen LogP contribution in [0, 0.1) is 6.92 Å². The van der Waals surface area contributed by atoms with Crippen LogP contribution in [0.3, 0.4) is 0 Å². The summed E-state index contributed by atoms with van der Waals surface area (Å²) in [6.45, 7) is 2.45. The molecule has 1 aliphatic rings. The highest BCUT2D eigenvalue weighted by Gasteiger charge is 2.26. The fourth-order valence-corrected chi connectivity index (χ4v) is 7.48. The number of anilines is 1. The van der Waals surface area contributed by atoms with Crippen molar-refractivity contribution in [2.24, 2.45) is 0 Å². The second-order valence-corrected chi connectivity index (χ2v) is 15.1. The molecule has 1 aliphatic heterocycles. The minimum Gasteiger partial charge on any atom is -0.351 e. The van der Waals surface area contributed by atoms with Crippen LogP contribution in [-0.2, 0) is 26.6 Å². The molecule has 0 spiro atoms. The van der Waals surface area contributed by atoms with Crippen LogP contribution >= 0.6 is 0 Å². The molecular weight excluding hydrogens is 655 g/mol. The third kappa shape index (κ3) is 6.63. The molecule has 5 aromatic rings. The van der Waals surface area contributed by atoms with Crippen molar-refractivity contribution in [3.8, 4) is 11.1 Å². The number of aryl methyl sites for hydroxylation is 1. The van der Waals surface area contributed by atoms with Crippen LogP contribution in [0.5, 0.6) is 0 Å². The van der Waals surface area contributed by atoms with Crippen LogP contribution in [0.2, 0.25) is 0 Å². The number of hydrogen-bond acceptors (Lipinski definition) is 10. The summed E-state index contributed by atoms with van der Waals surface area (Å²) in [6, 6.07) is 12.7. The van der Waals surface area contributed by atoms with Gasteiger partial charge in [-0.05, 0) is 60.2 Å². The molecule has 0 saturated carbocycles. The van der Waals surface area contributed by atoms with Crippen LogP contribution in [0.15, 0.2) is 77.1 Å². The number of rotatable bonds is 9. The lowest BCUT2D eigenvalue weighted by atomic mass is 9.99. The van der Waals surface area contributed by atoms with E-state index in [-0.39, 0.29) is 34.5 Å². The number of alkyl halides is 2. The Bertz CT molecular complexity index is 2220.